The maximum atomic E-state index is 10.6. The highest BCUT2D eigenvalue weighted by Gasteiger charge is 2.24. The molecule has 1 N–H and O–H groups in total. The number of hydrogen-bond donors (Lipinski definition) is 1. The number of carboxylic acid groups (broad SMARTS) is 1. The van der Waals surface area contributed by atoms with Crippen LogP contribution in [0.25, 0.3) is 0 Å². The molecule has 0 aromatic rings. The summed E-state index contributed by atoms with van der Waals surface area (Å²) in [4.78, 5) is 31.3. The molecule has 1 atom stereocenters. The Kier molecular flexibility index (Phi) is 4.50. The second kappa shape index (κ2) is 5.13. The smallest absolute Gasteiger partial charge is 0.387 e. The molecule has 0 spiro atoms. The zero-order valence-electron chi connectivity index (χ0n) is 7.27. The number of carbonyl (C=O) groups is 3. The first-order valence-corrected chi connectivity index (χ1v) is 3.56. The second-order valence-corrected chi connectivity index (χ2v) is 2.12. The maximum absolute atomic E-state index is 10.6. The van der Waals surface area contributed by atoms with Gasteiger partial charge in [-0.05, 0) is 0 Å². The summed E-state index contributed by atoms with van der Waals surface area (Å²) in [5.41, 5.74) is 0. The third-order valence-corrected chi connectivity index (χ3v) is 1.00. The van der Waals surface area contributed by atoms with Crippen LogP contribution in [0.2, 0.25) is 0 Å². The van der Waals surface area contributed by atoms with Gasteiger partial charge in [-0.1, -0.05) is 6.92 Å². The summed E-state index contributed by atoms with van der Waals surface area (Å²) >= 11 is 0. The van der Waals surface area contributed by atoms with Crippen LogP contribution < -0.4 is 0 Å². The van der Waals surface area contributed by atoms with Crippen molar-refractivity contribution in [2.24, 2.45) is 0 Å². The first-order chi connectivity index (χ1) is 5.97. The molecule has 0 amide bonds. The predicted molar refractivity (Wildman–Crippen MR) is 39.6 cm³/mol. The summed E-state index contributed by atoms with van der Waals surface area (Å²) in [6.45, 7) is 2.52. The van der Waals surface area contributed by atoms with Gasteiger partial charge in [-0.2, -0.15) is 0 Å². The van der Waals surface area contributed by atoms with Crippen LogP contribution in [0.3, 0.4) is 0 Å². The van der Waals surface area contributed by atoms with E-state index in [4.69, 9.17) is 5.11 Å². The van der Waals surface area contributed by atoms with Gasteiger partial charge in [0.25, 0.3) is 0 Å². The van der Waals surface area contributed by atoms with E-state index in [1.165, 1.54) is 6.92 Å². The summed E-state index contributed by atoms with van der Waals surface area (Å²) < 4.78 is 8.49. The molecule has 6 nitrogen and oxygen atoms in total. The molecule has 0 aliphatic carbocycles. The highest BCUT2D eigenvalue weighted by molar-refractivity contribution is 5.79. The molecule has 0 aliphatic rings. The van der Waals surface area contributed by atoms with Gasteiger partial charge in [0.2, 0.25) is 0 Å². The van der Waals surface area contributed by atoms with Gasteiger partial charge in [0.1, 0.15) is 0 Å². The van der Waals surface area contributed by atoms with Crippen molar-refractivity contribution in [2.75, 3.05) is 0 Å². The van der Waals surface area contributed by atoms with E-state index in [9.17, 15) is 14.4 Å². The largest absolute Gasteiger partial charge is 0.476 e. The van der Waals surface area contributed by atoms with E-state index < -0.39 is 24.2 Å². The van der Waals surface area contributed by atoms with Gasteiger partial charge in [0.15, 0.2) is 0 Å². The molecule has 0 saturated heterocycles. The molecule has 13 heavy (non-hydrogen) atoms. The van der Waals surface area contributed by atoms with E-state index in [0.29, 0.717) is 0 Å². The Hall–Kier alpha value is -1.59. The molecule has 6 heteroatoms. The summed E-state index contributed by atoms with van der Waals surface area (Å²) in [7, 11) is 0. The summed E-state index contributed by atoms with van der Waals surface area (Å²) in [6.07, 6.45) is -1.82. The number of carboxylic acids is 1. The Morgan fingerprint density at radius 2 is 1.85 bits per heavy atom. The lowest BCUT2D eigenvalue weighted by Gasteiger charge is -2.11. The molecule has 0 aliphatic heterocycles. The molecule has 0 rings (SSSR count). The van der Waals surface area contributed by atoms with Crippen molar-refractivity contribution < 1.29 is 29.0 Å². The highest BCUT2D eigenvalue weighted by atomic mass is 16.7. The Balaban J connectivity index is 4.18. The minimum atomic E-state index is -1.84. The van der Waals surface area contributed by atoms with Gasteiger partial charge in [-0.25, -0.2) is 4.79 Å². The van der Waals surface area contributed by atoms with Crippen molar-refractivity contribution in [3.63, 3.8) is 0 Å². The number of carbonyl (C=O) groups excluding carboxylic acids is 2. The summed E-state index contributed by atoms with van der Waals surface area (Å²) in [6, 6.07) is 0. The van der Waals surface area contributed by atoms with Crippen LogP contribution in [0.1, 0.15) is 20.3 Å². The fraction of sp³-hybridized carbons (Fsp3) is 0.571. The molecule has 0 radical (unpaired) electrons. The molecular formula is C7H10O6. The Bertz CT molecular complexity index is 221. The van der Waals surface area contributed by atoms with Gasteiger partial charge in [0.05, 0.1) is 0 Å². The Labute approximate surface area is 74.4 Å². The average Bonchev–Trinajstić information content (AvgIpc) is 2.02. The van der Waals surface area contributed by atoms with Crippen LogP contribution in [0.15, 0.2) is 0 Å². The molecule has 1 unspecified atom stereocenters. The number of ether oxygens (including phenoxy) is 2. The minimum Gasteiger partial charge on any atom is -0.476 e. The van der Waals surface area contributed by atoms with Crippen LogP contribution in [-0.2, 0) is 23.9 Å². The lowest BCUT2D eigenvalue weighted by atomic mass is 10.5. The average molecular weight is 190 g/mol. The predicted octanol–water partition coefficient (Wildman–Crippen LogP) is -0.0866. The zero-order valence-corrected chi connectivity index (χ0v) is 7.27. The van der Waals surface area contributed by atoms with Crippen molar-refractivity contribution in [3.05, 3.63) is 0 Å². The van der Waals surface area contributed by atoms with Crippen molar-refractivity contribution >= 4 is 17.9 Å². The van der Waals surface area contributed by atoms with Gasteiger partial charge in [-0.15, -0.1) is 0 Å². The number of hydrogen-bond acceptors (Lipinski definition) is 5. The SMILES string of the molecule is CCC(=O)OC(OC(C)=O)C(=O)O. The quantitative estimate of drug-likeness (QED) is 0.492. The molecule has 0 heterocycles. The zero-order chi connectivity index (χ0) is 10.4. The van der Waals surface area contributed by atoms with E-state index in [-0.39, 0.29) is 6.42 Å². The normalized spacial score (nSPS) is 11.5. The summed E-state index contributed by atoms with van der Waals surface area (Å²) in [5.74, 6) is -3.08. The fourth-order valence-electron chi connectivity index (χ4n) is 0.478. The van der Waals surface area contributed by atoms with Crippen LogP contribution in [0.4, 0.5) is 0 Å². The van der Waals surface area contributed by atoms with Gasteiger partial charge in [0, 0.05) is 13.3 Å². The summed E-state index contributed by atoms with van der Waals surface area (Å²) in [5, 5.41) is 8.41. The van der Waals surface area contributed by atoms with Gasteiger partial charge in [-0.3, -0.25) is 9.59 Å². The molecule has 0 aromatic heterocycles. The number of esters is 2. The molecule has 0 fully saturated rings. The van der Waals surface area contributed by atoms with E-state index in [1.54, 1.807) is 0 Å². The van der Waals surface area contributed by atoms with Crippen LogP contribution in [0.5, 0.6) is 0 Å². The van der Waals surface area contributed by atoms with Gasteiger partial charge >= 0.3 is 24.2 Å². The molecular weight excluding hydrogens is 180 g/mol. The van der Waals surface area contributed by atoms with Crippen molar-refractivity contribution in [1.29, 1.82) is 0 Å². The third kappa shape index (κ3) is 4.78. The van der Waals surface area contributed by atoms with Crippen LogP contribution in [0, 0.1) is 0 Å². The third-order valence-electron chi connectivity index (χ3n) is 1.00. The molecule has 74 valence electrons. The molecule has 0 saturated carbocycles. The van der Waals surface area contributed by atoms with E-state index in [2.05, 4.69) is 9.47 Å². The maximum Gasteiger partial charge on any atom is 0.387 e. The highest BCUT2D eigenvalue weighted by Crippen LogP contribution is 1.98. The monoisotopic (exact) mass is 190 g/mol. The van der Waals surface area contributed by atoms with E-state index >= 15 is 0 Å². The van der Waals surface area contributed by atoms with E-state index in [1.807, 2.05) is 0 Å². The minimum absolute atomic E-state index is 0.0189. The molecule has 0 aromatic carbocycles. The first-order valence-electron chi connectivity index (χ1n) is 3.56. The lowest BCUT2D eigenvalue weighted by Crippen LogP contribution is -2.31. The Morgan fingerprint density at radius 1 is 1.31 bits per heavy atom. The lowest BCUT2D eigenvalue weighted by molar-refractivity contribution is -0.199. The standard InChI is InChI=1S/C7H10O6/c1-3-5(9)13-7(6(10)11)12-4(2)8/h7H,3H2,1-2H3,(H,10,11). The first kappa shape index (κ1) is 11.4. The van der Waals surface area contributed by atoms with E-state index in [0.717, 1.165) is 6.92 Å². The fourth-order valence-corrected chi connectivity index (χ4v) is 0.478. The van der Waals surface area contributed by atoms with Crippen molar-refractivity contribution in [3.8, 4) is 0 Å². The number of rotatable bonds is 4. The van der Waals surface area contributed by atoms with Gasteiger partial charge < -0.3 is 14.6 Å². The topological polar surface area (TPSA) is 89.9 Å². The Morgan fingerprint density at radius 3 is 2.15 bits per heavy atom. The van der Waals surface area contributed by atoms with Crippen molar-refractivity contribution in [1.82, 2.24) is 0 Å². The second-order valence-electron chi connectivity index (χ2n) is 2.12. The number of aliphatic carboxylic acids is 1. The van der Waals surface area contributed by atoms with Crippen LogP contribution >= 0.6 is 0 Å². The molecule has 0 bridgehead atoms. The van der Waals surface area contributed by atoms with Crippen LogP contribution in [-0.4, -0.2) is 29.3 Å². The van der Waals surface area contributed by atoms with Crippen molar-refractivity contribution in [2.45, 2.75) is 26.6 Å².